The average Bonchev–Trinajstić information content (AvgIpc) is 2.56. The number of aromatic amines is 1. The molecule has 0 radical (unpaired) electrons. The Morgan fingerprint density at radius 2 is 2.12 bits per heavy atom. The lowest BCUT2D eigenvalue weighted by molar-refractivity contribution is 0.223. The Kier molecular flexibility index (Phi) is 2.60. The average molecular weight is 242 g/mol. The zero-order chi connectivity index (χ0) is 12.8. The molecule has 0 saturated heterocycles. The summed E-state index contributed by atoms with van der Waals surface area (Å²) in [6.07, 6.45) is 2.49. The van der Waals surface area contributed by atoms with Crippen LogP contribution in [0.1, 0.15) is 39.2 Å². The molecular formula is C11H15FN2O3. The van der Waals surface area contributed by atoms with Gasteiger partial charge in [-0.2, -0.15) is 4.39 Å². The fourth-order valence-corrected chi connectivity index (χ4v) is 2.59. The van der Waals surface area contributed by atoms with Gasteiger partial charge in [-0.25, -0.2) is 4.79 Å². The standard InChI is InChI=1S/C11H15FN2O3/c1-11(2)5-3-4-6(11)14-9(16)7(12)8(15)13-10(14)17/h6,16H,3-5H2,1-2H3,(H,13,15,17). The first kappa shape index (κ1) is 11.9. The van der Waals surface area contributed by atoms with Gasteiger partial charge in [0.15, 0.2) is 0 Å². The summed E-state index contributed by atoms with van der Waals surface area (Å²) in [6.45, 7) is 3.92. The molecule has 1 aliphatic carbocycles. The molecule has 1 aliphatic rings. The lowest BCUT2D eigenvalue weighted by atomic mass is 9.87. The number of aromatic hydroxyl groups is 1. The minimum atomic E-state index is -1.30. The van der Waals surface area contributed by atoms with E-state index in [0.717, 1.165) is 17.4 Å². The molecule has 17 heavy (non-hydrogen) atoms. The van der Waals surface area contributed by atoms with E-state index in [1.165, 1.54) is 0 Å². The maximum atomic E-state index is 13.3. The van der Waals surface area contributed by atoms with Crippen LogP contribution in [0.15, 0.2) is 9.59 Å². The summed E-state index contributed by atoms with van der Waals surface area (Å²) in [5, 5.41) is 9.62. The molecule has 0 bridgehead atoms. The molecule has 1 aromatic rings. The summed E-state index contributed by atoms with van der Waals surface area (Å²) >= 11 is 0. The second-order valence-electron chi connectivity index (χ2n) is 5.16. The maximum absolute atomic E-state index is 13.3. The molecule has 1 unspecified atom stereocenters. The molecule has 94 valence electrons. The first-order valence-corrected chi connectivity index (χ1v) is 5.58. The molecule has 2 rings (SSSR count). The molecule has 0 amide bonds. The van der Waals surface area contributed by atoms with Gasteiger partial charge in [0.25, 0.3) is 5.56 Å². The van der Waals surface area contributed by atoms with Crippen LogP contribution in [0.2, 0.25) is 0 Å². The molecule has 2 N–H and O–H groups in total. The van der Waals surface area contributed by atoms with Crippen molar-refractivity contribution in [2.45, 2.75) is 39.2 Å². The van der Waals surface area contributed by atoms with Gasteiger partial charge in [0, 0.05) is 6.04 Å². The van der Waals surface area contributed by atoms with Crippen LogP contribution >= 0.6 is 0 Å². The third kappa shape index (κ3) is 1.77. The number of aromatic nitrogens is 2. The van der Waals surface area contributed by atoms with Crippen LogP contribution in [0.3, 0.4) is 0 Å². The quantitative estimate of drug-likeness (QED) is 0.775. The molecule has 5 nitrogen and oxygen atoms in total. The van der Waals surface area contributed by atoms with Crippen LogP contribution in [0, 0.1) is 11.2 Å². The summed E-state index contributed by atoms with van der Waals surface area (Å²) in [6, 6.07) is -0.290. The van der Waals surface area contributed by atoms with E-state index in [1.807, 2.05) is 18.8 Å². The largest absolute Gasteiger partial charge is 0.492 e. The third-order valence-electron chi connectivity index (χ3n) is 3.58. The van der Waals surface area contributed by atoms with Crippen molar-refractivity contribution in [2.75, 3.05) is 0 Å². The minimum Gasteiger partial charge on any atom is -0.492 e. The number of halogens is 1. The van der Waals surface area contributed by atoms with Gasteiger partial charge in [-0.1, -0.05) is 20.3 Å². The zero-order valence-corrected chi connectivity index (χ0v) is 9.79. The van der Waals surface area contributed by atoms with E-state index in [0.29, 0.717) is 6.42 Å². The molecule has 1 fully saturated rings. The lowest BCUT2D eigenvalue weighted by Gasteiger charge is -2.28. The van der Waals surface area contributed by atoms with Crippen molar-refractivity contribution < 1.29 is 9.50 Å². The SMILES string of the molecule is CC1(C)CCCC1n1c(O)c(F)c(=O)[nH]c1=O. The molecule has 0 spiro atoms. The fourth-order valence-electron chi connectivity index (χ4n) is 2.59. The van der Waals surface area contributed by atoms with E-state index in [-0.39, 0.29) is 11.5 Å². The van der Waals surface area contributed by atoms with Gasteiger partial charge in [-0.05, 0) is 18.3 Å². The molecular weight excluding hydrogens is 227 g/mol. The van der Waals surface area contributed by atoms with Crippen molar-refractivity contribution in [1.29, 1.82) is 0 Å². The second kappa shape index (κ2) is 3.72. The normalized spacial score (nSPS) is 22.9. The van der Waals surface area contributed by atoms with E-state index in [9.17, 15) is 19.1 Å². The van der Waals surface area contributed by atoms with Gasteiger partial charge in [-0.3, -0.25) is 14.3 Å². The summed E-state index contributed by atoms with van der Waals surface area (Å²) < 4.78 is 14.3. The minimum absolute atomic E-state index is 0.202. The smallest absolute Gasteiger partial charge is 0.331 e. The van der Waals surface area contributed by atoms with Crippen LogP contribution < -0.4 is 11.2 Å². The van der Waals surface area contributed by atoms with Crippen molar-refractivity contribution in [1.82, 2.24) is 9.55 Å². The zero-order valence-electron chi connectivity index (χ0n) is 9.79. The topological polar surface area (TPSA) is 75.1 Å². The van der Waals surface area contributed by atoms with Crippen molar-refractivity contribution in [3.05, 3.63) is 26.7 Å². The van der Waals surface area contributed by atoms with E-state index in [2.05, 4.69) is 0 Å². The molecule has 1 atom stereocenters. The predicted octanol–water partition coefficient (Wildman–Crippen LogP) is 1.13. The second-order valence-corrected chi connectivity index (χ2v) is 5.16. The number of nitrogens with one attached hydrogen (secondary N) is 1. The maximum Gasteiger partial charge on any atom is 0.331 e. The van der Waals surface area contributed by atoms with E-state index >= 15 is 0 Å². The Morgan fingerprint density at radius 3 is 2.65 bits per heavy atom. The number of rotatable bonds is 1. The van der Waals surface area contributed by atoms with E-state index in [1.54, 1.807) is 0 Å². The van der Waals surface area contributed by atoms with Crippen molar-refractivity contribution in [3.63, 3.8) is 0 Å². The molecule has 0 aromatic carbocycles. The van der Waals surface area contributed by atoms with Crippen LogP contribution in [0.5, 0.6) is 5.88 Å². The summed E-state index contributed by atoms with van der Waals surface area (Å²) in [5.74, 6) is -2.16. The summed E-state index contributed by atoms with van der Waals surface area (Å²) in [5.41, 5.74) is -2.14. The molecule has 1 heterocycles. The number of hydrogen-bond donors (Lipinski definition) is 2. The van der Waals surface area contributed by atoms with Gasteiger partial charge in [-0.15, -0.1) is 0 Å². The van der Waals surface area contributed by atoms with Crippen molar-refractivity contribution in [2.24, 2.45) is 5.41 Å². The van der Waals surface area contributed by atoms with Gasteiger partial charge in [0.05, 0.1) is 0 Å². The van der Waals surface area contributed by atoms with Gasteiger partial charge < -0.3 is 5.11 Å². The summed E-state index contributed by atoms with van der Waals surface area (Å²) in [4.78, 5) is 24.5. The van der Waals surface area contributed by atoms with Crippen LogP contribution in [-0.4, -0.2) is 14.7 Å². The predicted molar refractivity (Wildman–Crippen MR) is 59.6 cm³/mol. The highest BCUT2D eigenvalue weighted by Gasteiger charge is 2.38. The van der Waals surface area contributed by atoms with E-state index in [4.69, 9.17) is 0 Å². The number of hydrogen-bond acceptors (Lipinski definition) is 3. The van der Waals surface area contributed by atoms with Gasteiger partial charge in [0.1, 0.15) is 0 Å². The Morgan fingerprint density at radius 1 is 1.47 bits per heavy atom. The van der Waals surface area contributed by atoms with Gasteiger partial charge in [0.2, 0.25) is 11.7 Å². The van der Waals surface area contributed by atoms with E-state index < -0.39 is 22.9 Å². The highest BCUT2D eigenvalue weighted by molar-refractivity contribution is 5.12. The molecule has 0 aliphatic heterocycles. The first-order chi connectivity index (χ1) is 7.84. The Bertz CT molecular complexity index is 559. The van der Waals surface area contributed by atoms with Crippen molar-refractivity contribution >= 4 is 0 Å². The van der Waals surface area contributed by atoms with Crippen molar-refractivity contribution in [3.8, 4) is 5.88 Å². The molecule has 1 aromatic heterocycles. The Hall–Kier alpha value is -1.59. The highest BCUT2D eigenvalue weighted by Crippen LogP contribution is 2.46. The fraction of sp³-hybridized carbons (Fsp3) is 0.636. The highest BCUT2D eigenvalue weighted by atomic mass is 19.1. The number of nitrogens with zero attached hydrogens (tertiary/aromatic N) is 1. The third-order valence-corrected chi connectivity index (χ3v) is 3.58. The molecule has 1 saturated carbocycles. The van der Waals surface area contributed by atoms with Crippen LogP contribution in [0.4, 0.5) is 4.39 Å². The first-order valence-electron chi connectivity index (χ1n) is 5.58. The Labute approximate surface area is 96.9 Å². The van der Waals surface area contributed by atoms with Gasteiger partial charge >= 0.3 is 5.69 Å². The number of H-pyrrole nitrogens is 1. The lowest BCUT2D eigenvalue weighted by Crippen LogP contribution is -2.37. The monoisotopic (exact) mass is 242 g/mol. The van der Waals surface area contributed by atoms with Crippen LogP contribution in [0.25, 0.3) is 0 Å². The summed E-state index contributed by atoms with van der Waals surface area (Å²) in [7, 11) is 0. The Balaban J connectivity index is 2.65. The van der Waals surface area contributed by atoms with Crippen LogP contribution in [-0.2, 0) is 0 Å². The molecule has 6 heteroatoms.